The molecule has 0 bridgehead atoms. The van der Waals surface area contributed by atoms with Crippen LogP contribution in [0.5, 0.6) is 0 Å². The fourth-order valence-corrected chi connectivity index (χ4v) is 4.22. The van der Waals surface area contributed by atoms with E-state index in [1.807, 2.05) is 56.3 Å². The zero-order valence-corrected chi connectivity index (χ0v) is 20.6. The van der Waals surface area contributed by atoms with Crippen LogP contribution in [0.15, 0.2) is 65.3 Å². The van der Waals surface area contributed by atoms with Gasteiger partial charge in [0.2, 0.25) is 5.91 Å². The summed E-state index contributed by atoms with van der Waals surface area (Å²) < 4.78 is 7.26. The van der Waals surface area contributed by atoms with E-state index in [0.29, 0.717) is 29.4 Å². The fraction of sp³-hybridized carbons (Fsp3) is 0.333. The molecule has 0 saturated heterocycles. The van der Waals surface area contributed by atoms with Crippen molar-refractivity contribution in [2.75, 3.05) is 11.4 Å². The molecule has 2 amide bonds. The smallest absolute Gasteiger partial charge is 0.251 e. The standard InChI is InChI=1S/C27H31N5O3/c1-18(2)14-15-28-27(34)26(23-13-8-16-35-23)32(25-19(3)9-7-10-20(25)4)24(33)17-31-22-12-6-5-11-21(22)29-30-31/h5-13,16,18,26H,14-15,17H2,1-4H3,(H,28,34)/t26-/m0/s1. The minimum Gasteiger partial charge on any atom is -0.467 e. The number of aryl methyl sites for hydroxylation is 2. The topological polar surface area (TPSA) is 93.3 Å². The van der Waals surface area contributed by atoms with Crippen molar-refractivity contribution in [1.82, 2.24) is 20.3 Å². The first-order valence-electron chi connectivity index (χ1n) is 11.8. The molecule has 0 aliphatic carbocycles. The molecule has 1 N–H and O–H groups in total. The van der Waals surface area contributed by atoms with E-state index in [1.54, 1.807) is 21.7 Å². The highest BCUT2D eigenvalue weighted by Crippen LogP contribution is 2.34. The number of furan rings is 1. The van der Waals surface area contributed by atoms with Crippen LogP contribution in [0.1, 0.15) is 43.2 Å². The molecule has 4 rings (SSSR count). The van der Waals surface area contributed by atoms with Crippen molar-refractivity contribution < 1.29 is 14.0 Å². The Morgan fingerprint density at radius 3 is 2.46 bits per heavy atom. The van der Waals surface area contributed by atoms with E-state index in [4.69, 9.17) is 4.42 Å². The van der Waals surface area contributed by atoms with Gasteiger partial charge in [-0.1, -0.05) is 49.4 Å². The highest BCUT2D eigenvalue weighted by Gasteiger charge is 2.36. The van der Waals surface area contributed by atoms with Crippen molar-refractivity contribution in [2.45, 2.75) is 46.7 Å². The number of carbonyl (C=O) groups is 2. The van der Waals surface area contributed by atoms with Crippen molar-refractivity contribution in [3.63, 3.8) is 0 Å². The van der Waals surface area contributed by atoms with Crippen LogP contribution in [0, 0.1) is 19.8 Å². The largest absolute Gasteiger partial charge is 0.467 e. The lowest BCUT2D eigenvalue weighted by Gasteiger charge is -2.32. The lowest BCUT2D eigenvalue weighted by atomic mass is 10.0. The number of carbonyl (C=O) groups excluding carboxylic acids is 2. The summed E-state index contributed by atoms with van der Waals surface area (Å²) in [5, 5.41) is 11.4. The van der Waals surface area contributed by atoms with Crippen LogP contribution in [0.4, 0.5) is 5.69 Å². The van der Waals surface area contributed by atoms with E-state index in [-0.39, 0.29) is 18.4 Å². The van der Waals surface area contributed by atoms with Crippen molar-refractivity contribution >= 4 is 28.5 Å². The molecule has 8 heteroatoms. The number of para-hydroxylation sites is 2. The number of aromatic nitrogens is 3. The molecule has 0 saturated carbocycles. The summed E-state index contributed by atoms with van der Waals surface area (Å²) in [4.78, 5) is 29.1. The molecule has 0 fully saturated rings. The first-order chi connectivity index (χ1) is 16.9. The number of nitrogens with zero attached hydrogens (tertiary/aromatic N) is 4. The SMILES string of the molecule is Cc1cccc(C)c1N(C(=O)Cn1nnc2ccccc21)[C@H](C(=O)NCCC(C)C)c1ccco1. The average molecular weight is 474 g/mol. The highest BCUT2D eigenvalue weighted by atomic mass is 16.3. The molecular weight excluding hydrogens is 442 g/mol. The van der Waals surface area contributed by atoms with Gasteiger partial charge in [0.25, 0.3) is 5.91 Å². The minimum atomic E-state index is -0.973. The Kier molecular flexibility index (Phi) is 7.29. The second-order valence-corrected chi connectivity index (χ2v) is 9.13. The normalized spacial score (nSPS) is 12.1. The molecule has 0 unspecified atom stereocenters. The second kappa shape index (κ2) is 10.5. The van der Waals surface area contributed by atoms with Crippen LogP contribution in [0.25, 0.3) is 11.0 Å². The van der Waals surface area contributed by atoms with Crippen molar-refractivity contribution in [3.8, 4) is 0 Å². The minimum absolute atomic E-state index is 0.0786. The van der Waals surface area contributed by atoms with Crippen LogP contribution in [-0.4, -0.2) is 33.4 Å². The molecule has 0 spiro atoms. The van der Waals surface area contributed by atoms with Gasteiger partial charge in [-0.2, -0.15) is 0 Å². The molecule has 8 nitrogen and oxygen atoms in total. The number of hydrogen-bond donors (Lipinski definition) is 1. The van der Waals surface area contributed by atoms with E-state index >= 15 is 0 Å². The Hall–Kier alpha value is -3.94. The third-order valence-electron chi connectivity index (χ3n) is 5.99. The zero-order chi connectivity index (χ0) is 24.9. The first-order valence-corrected chi connectivity index (χ1v) is 11.8. The number of nitrogens with one attached hydrogen (secondary N) is 1. The van der Waals surface area contributed by atoms with E-state index in [1.165, 1.54) is 6.26 Å². The summed E-state index contributed by atoms with van der Waals surface area (Å²) in [5.74, 6) is 0.249. The Morgan fingerprint density at radius 2 is 1.77 bits per heavy atom. The number of anilines is 1. The number of rotatable bonds is 9. The van der Waals surface area contributed by atoms with Crippen LogP contribution in [0.3, 0.4) is 0 Å². The second-order valence-electron chi connectivity index (χ2n) is 9.13. The molecule has 4 aromatic rings. The Balaban J connectivity index is 1.77. The molecule has 0 radical (unpaired) electrons. The van der Waals surface area contributed by atoms with Crippen LogP contribution in [-0.2, 0) is 16.1 Å². The summed E-state index contributed by atoms with van der Waals surface area (Å²) in [6.07, 6.45) is 2.35. The van der Waals surface area contributed by atoms with E-state index in [9.17, 15) is 9.59 Å². The fourth-order valence-electron chi connectivity index (χ4n) is 4.22. The molecule has 0 aliphatic rings. The molecular formula is C27H31N5O3. The van der Waals surface area contributed by atoms with Crippen molar-refractivity contribution in [3.05, 3.63) is 77.7 Å². The Bertz CT molecular complexity index is 1290. The molecule has 2 aromatic carbocycles. The maximum atomic E-state index is 14.0. The summed E-state index contributed by atoms with van der Waals surface area (Å²) >= 11 is 0. The average Bonchev–Trinajstić information content (AvgIpc) is 3.48. The van der Waals surface area contributed by atoms with Crippen molar-refractivity contribution in [2.24, 2.45) is 5.92 Å². The highest BCUT2D eigenvalue weighted by molar-refractivity contribution is 6.02. The molecule has 1 atom stereocenters. The lowest BCUT2D eigenvalue weighted by molar-refractivity contribution is -0.127. The summed E-state index contributed by atoms with van der Waals surface area (Å²) in [7, 11) is 0. The Morgan fingerprint density at radius 1 is 1.03 bits per heavy atom. The molecule has 182 valence electrons. The number of amides is 2. The summed E-state index contributed by atoms with van der Waals surface area (Å²) in [6, 6.07) is 15.8. The molecule has 35 heavy (non-hydrogen) atoms. The predicted molar refractivity (Wildman–Crippen MR) is 135 cm³/mol. The van der Waals surface area contributed by atoms with Gasteiger partial charge < -0.3 is 9.73 Å². The number of fused-ring (bicyclic) bond motifs is 1. The van der Waals surface area contributed by atoms with Gasteiger partial charge in [-0.05, 0) is 61.6 Å². The predicted octanol–water partition coefficient (Wildman–Crippen LogP) is 4.58. The summed E-state index contributed by atoms with van der Waals surface area (Å²) in [6.45, 7) is 8.50. The maximum absolute atomic E-state index is 14.0. The Labute approximate surface area is 204 Å². The van der Waals surface area contributed by atoms with Gasteiger partial charge in [-0.15, -0.1) is 5.10 Å². The molecule has 2 aromatic heterocycles. The van der Waals surface area contributed by atoms with Gasteiger partial charge in [0.1, 0.15) is 17.8 Å². The van der Waals surface area contributed by atoms with Gasteiger partial charge >= 0.3 is 0 Å². The number of hydrogen-bond acceptors (Lipinski definition) is 5. The maximum Gasteiger partial charge on any atom is 0.251 e. The van der Waals surface area contributed by atoms with E-state index in [2.05, 4.69) is 29.5 Å². The van der Waals surface area contributed by atoms with Gasteiger partial charge in [0, 0.05) is 6.54 Å². The lowest BCUT2D eigenvalue weighted by Crippen LogP contribution is -2.46. The van der Waals surface area contributed by atoms with Crippen LogP contribution < -0.4 is 10.2 Å². The van der Waals surface area contributed by atoms with E-state index < -0.39 is 6.04 Å². The van der Waals surface area contributed by atoms with Crippen LogP contribution in [0.2, 0.25) is 0 Å². The monoisotopic (exact) mass is 473 g/mol. The number of benzene rings is 2. The third-order valence-corrected chi connectivity index (χ3v) is 5.99. The van der Waals surface area contributed by atoms with Gasteiger partial charge in [-0.25, -0.2) is 4.68 Å². The van der Waals surface area contributed by atoms with Gasteiger partial charge in [0.05, 0.1) is 17.5 Å². The van der Waals surface area contributed by atoms with Crippen molar-refractivity contribution in [1.29, 1.82) is 0 Å². The zero-order valence-electron chi connectivity index (χ0n) is 20.6. The third kappa shape index (κ3) is 5.26. The molecule has 2 heterocycles. The van der Waals surface area contributed by atoms with Gasteiger partial charge in [-0.3, -0.25) is 14.5 Å². The van der Waals surface area contributed by atoms with E-state index in [0.717, 1.165) is 23.1 Å². The first kappa shape index (κ1) is 24.2. The quantitative estimate of drug-likeness (QED) is 0.384. The molecule has 0 aliphatic heterocycles. The van der Waals surface area contributed by atoms with Gasteiger partial charge in [0.15, 0.2) is 6.04 Å². The van der Waals surface area contributed by atoms with Crippen LogP contribution >= 0.6 is 0 Å². The summed E-state index contributed by atoms with van der Waals surface area (Å²) in [5.41, 5.74) is 3.90.